The number of β-amino-alcohol motifs (C(OH)–C–C–N with tert-alkyl or cyclic N) is 1. The number of phenolic OH excluding ortho intramolecular Hbond substituents is 1. The fourth-order valence-corrected chi connectivity index (χ4v) is 9.26. The van der Waals surface area contributed by atoms with Crippen LogP contribution in [0.25, 0.3) is 0 Å². The van der Waals surface area contributed by atoms with Gasteiger partial charge in [-0.1, -0.05) is 26.8 Å². The van der Waals surface area contributed by atoms with Gasteiger partial charge in [-0.3, -0.25) is 14.5 Å². The summed E-state index contributed by atoms with van der Waals surface area (Å²) in [6.07, 6.45) is 7.92. The Morgan fingerprint density at radius 2 is 1.79 bits per heavy atom. The summed E-state index contributed by atoms with van der Waals surface area (Å²) < 4.78 is 0. The maximum Gasteiger partial charge on any atom is 0.245 e. The summed E-state index contributed by atoms with van der Waals surface area (Å²) in [6.45, 7) is 10.4. The van der Waals surface area contributed by atoms with Crippen molar-refractivity contribution in [2.45, 2.75) is 89.7 Å². The molecule has 2 amide bonds. The maximum absolute atomic E-state index is 13.4. The van der Waals surface area contributed by atoms with E-state index in [4.69, 9.17) is 0 Å². The van der Waals surface area contributed by atoms with Crippen molar-refractivity contribution in [1.82, 2.24) is 14.7 Å². The Balaban J connectivity index is 1.09. The highest BCUT2D eigenvalue weighted by Gasteiger charge is 2.61. The Kier molecular flexibility index (Phi) is 6.98. The Bertz CT molecular complexity index is 1110. The molecule has 1 aromatic rings. The lowest BCUT2D eigenvalue weighted by molar-refractivity contribution is -0.147. The van der Waals surface area contributed by atoms with Gasteiger partial charge in [0.1, 0.15) is 11.8 Å². The summed E-state index contributed by atoms with van der Waals surface area (Å²) in [7, 11) is 0. The van der Waals surface area contributed by atoms with Gasteiger partial charge < -0.3 is 20.0 Å². The van der Waals surface area contributed by atoms with Crippen molar-refractivity contribution in [1.29, 1.82) is 0 Å². The van der Waals surface area contributed by atoms with Crippen LogP contribution < -0.4 is 0 Å². The van der Waals surface area contributed by atoms with Gasteiger partial charge in [-0.15, -0.1) is 0 Å². The molecule has 0 unspecified atom stereocenters. The number of fused-ring (bicyclic) bond motifs is 5. The third-order valence-corrected chi connectivity index (χ3v) is 11.5. The number of carbonyl (C=O) groups excluding carboxylic acids is 2. The predicted octanol–water partition coefficient (Wildman–Crippen LogP) is 3.77. The van der Waals surface area contributed by atoms with E-state index in [1.54, 1.807) is 0 Å². The third-order valence-electron chi connectivity index (χ3n) is 11.5. The summed E-state index contributed by atoms with van der Waals surface area (Å²) in [5, 5.41) is 22.2. The minimum Gasteiger partial charge on any atom is -0.508 e. The van der Waals surface area contributed by atoms with Gasteiger partial charge in [-0.25, -0.2) is 0 Å². The molecule has 7 nitrogen and oxygen atoms in total. The van der Waals surface area contributed by atoms with Crippen LogP contribution in [-0.4, -0.2) is 87.6 Å². The molecule has 1 aromatic carbocycles. The molecule has 6 rings (SSSR count). The van der Waals surface area contributed by atoms with Gasteiger partial charge in [0.2, 0.25) is 11.8 Å². The standard InChI is InChI=1S/C32H47N3O4/c1-21(2)29(37)35-14-4-5-28(35)30(38)34-17-15-33(16-18-34)20-32(39)13-11-27-26-8-6-22-19-23(36)7-9-24(22)25(26)10-12-31(27,32)3/h7,9,19,21,25-28,36,39H,4-6,8,10-18,20H2,1-3H3/t25-,26-,27+,28+,31+,32-/m1/s1. The van der Waals surface area contributed by atoms with Gasteiger partial charge in [0.25, 0.3) is 0 Å². The fourth-order valence-electron chi connectivity index (χ4n) is 9.26. The molecule has 4 fully saturated rings. The normalized spacial score (nSPS) is 36.5. The Hall–Kier alpha value is -2.12. The molecule has 3 aliphatic carbocycles. The first-order valence-electron chi connectivity index (χ1n) is 15.5. The molecule has 39 heavy (non-hydrogen) atoms. The molecule has 2 saturated heterocycles. The molecule has 2 heterocycles. The lowest BCUT2D eigenvalue weighted by Gasteiger charge is -2.54. The van der Waals surface area contributed by atoms with Gasteiger partial charge in [-0.2, -0.15) is 0 Å². The molecule has 5 aliphatic rings. The van der Waals surface area contributed by atoms with Crippen LogP contribution in [0.4, 0.5) is 0 Å². The van der Waals surface area contributed by atoms with Crippen LogP contribution in [-0.2, 0) is 16.0 Å². The van der Waals surface area contributed by atoms with E-state index in [0.29, 0.717) is 49.7 Å². The second-order valence-corrected chi connectivity index (χ2v) is 13.8. The number of aliphatic hydroxyl groups is 1. The molecular formula is C32H47N3O4. The van der Waals surface area contributed by atoms with E-state index in [9.17, 15) is 19.8 Å². The molecule has 0 radical (unpaired) electrons. The molecular weight excluding hydrogens is 490 g/mol. The van der Waals surface area contributed by atoms with Crippen molar-refractivity contribution in [3.8, 4) is 5.75 Å². The zero-order chi connectivity index (χ0) is 27.5. The van der Waals surface area contributed by atoms with E-state index in [1.807, 2.05) is 35.8 Å². The van der Waals surface area contributed by atoms with Gasteiger partial charge in [-0.05, 0) is 92.4 Å². The van der Waals surface area contributed by atoms with Gasteiger partial charge >= 0.3 is 0 Å². The van der Waals surface area contributed by atoms with Crippen molar-refractivity contribution in [3.63, 3.8) is 0 Å². The van der Waals surface area contributed by atoms with Crippen LogP contribution in [0.3, 0.4) is 0 Å². The first-order chi connectivity index (χ1) is 18.6. The maximum atomic E-state index is 13.4. The van der Waals surface area contributed by atoms with Crippen molar-refractivity contribution in [3.05, 3.63) is 29.3 Å². The summed E-state index contributed by atoms with van der Waals surface area (Å²) in [5.41, 5.74) is 1.96. The predicted molar refractivity (Wildman–Crippen MR) is 150 cm³/mol. The van der Waals surface area contributed by atoms with E-state index in [0.717, 1.165) is 64.5 Å². The third kappa shape index (κ3) is 4.48. The van der Waals surface area contributed by atoms with E-state index in [1.165, 1.54) is 11.1 Å². The zero-order valence-electron chi connectivity index (χ0n) is 24.1. The molecule has 2 saturated carbocycles. The van der Waals surface area contributed by atoms with Crippen LogP contribution in [0.2, 0.25) is 0 Å². The van der Waals surface area contributed by atoms with E-state index >= 15 is 0 Å². The molecule has 0 bridgehead atoms. The van der Waals surface area contributed by atoms with Gasteiger partial charge in [0.05, 0.1) is 5.60 Å². The van der Waals surface area contributed by atoms with Crippen LogP contribution in [0, 0.1) is 23.2 Å². The topological polar surface area (TPSA) is 84.3 Å². The van der Waals surface area contributed by atoms with Gasteiger partial charge in [0, 0.05) is 50.6 Å². The Labute approximate surface area is 233 Å². The number of phenols is 1. The molecule has 214 valence electrons. The average Bonchev–Trinajstić information content (AvgIpc) is 3.50. The highest BCUT2D eigenvalue weighted by atomic mass is 16.3. The number of aryl methyl sites for hydroxylation is 1. The lowest BCUT2D eigenvalue weighted by Crippen LogP contribution is -2.60. The Morgan fingerprint density at radius 1 is 1.03 bits per heavy atom. The number of aromatic hydroxyl groups is 1. The summed E-state index contributed by atoms with van der Waals surface area (Å²) in [5.74, 6) is 2.16. The van der Waals surface area contributed by atoms with Crippen molar-refractivity contribution >= 4 is 11.8 Å². The number of rotatable bonds is 4. The Morgan fingerprint density at radius 3 is 2.54 bits per heavy atom. The first kappa shape index (κ1) is 27.1. The number of nitrogens with zero attached hydrogens (tertiary/aromatic N) is 3. The smallest absolute Gasteiger partial charge is 0.245 e. The van der Waals surface area contributed by atoms with Crippen LogP contribution in [0.15, 0.2) is 18.2 Å². The molecule has 0 spiro atoms. The molecule has 7 heteroatoms. The van der Waals surface area contributed by atoms with Crippen molar-refractivity contribution in [2.75, 3.05) is 39.3 Å². The quantitative estimate of drug-likeness (QED) is 0.611. The van der Waals surface area contributed by atoms with E-state index in [2.05, 4.69) is 17.9 Å². The van der Waals surface area contributed by atoms with Crippen LogP contribution >= 0.6 is 0 Å². The van der Waals surface area contributed by atoms with Gasteiger partial charge in [0.15, 0.2) is 0 Å². The average molecular weight is 538 g/mol. The minimum atomic E-state index is -0.698. The minimum absolute atomic E-state index is 0.0839. The fraction of sp³-hybridized carbons (Fsp3) is 0.750. The van der Waals surface area contributed by atoms with Crippen LogP contribution in [0.1, 0.15) is 82.8 Å². The first-order valence-corrected chi connectivity index (χ1v) is 15.5. The van der Waals surface area contributed by atoms with E-state index in [-0.39, 0.29) is 29.2 Å². The highest BCUT2D eigenvalue weighted by Crippen LogP contribution is 2.64. The molecule has 2 aliphatic heterocycles. The summed E-state index contributed by atoms with van der Waals surface area (Å²) in [4.78, 5) is 32.2. The highest BCUT2D eigenvalue weighted by molar-refractivity contribution is 5.89. The molecule has 6 atom stereocenters. The van der Waals surface area contributed by atoms with Crippen molar-refractivity contribution in [2.24, 2.45) is 23.2 Å². The SMILES string of the molecule is CC(C)C(=O)N1CCC[C@H]1C(=O)N1CCN(C[C@]2(O)CC[C@H]3[C@@H]4CCc5cc(O)ccc5[C@H]4CC[C@@]32C)CC1. The number of likely N-dealkylation sites (tertiary alicyclic amines) is 1. The molecule has 0 aromatic heterocycles. The number of hydrogen-bond acceptors (Lipinski definition) is 5. The second kappa shape index (κ2) is 10.1. The monoisotopic (exact) mass is 537 g/mol. The zero-order valence-corrected chi connectivity index (χ0v) is 24.1. The lowest BCUT2D eigenvalue weighted by atomic mass is 9.53. The summed E-state index contributed by atoms with van der Waals surface area (Å²) >= 11 is 0. The van der Waals surface area contributed by atoms with Crippen molar-refractivity contribution < 1.29 is 19.8 Å². The number of amides is 2. The van der Waals surface area contributed by atoms with Crippen LogP contribution in [0.5, 0.6) is 5.75 Å². The van der Waals surface area contributed by atoms with E-state index < -0.39 is 5.60 Å². The number of benzene rings is 1. The largest absolute Gasteiger partial charge is 0.508 e. The molecule has 2 N–H and O–H groups in total. The second-order valence-electron chi connectivity index (χ2n) is 13.8. The summed E-state index contributed by atoms with van der Waals surface area (Å²) in [6, 6.07) is 5.65. The number of piperazine rings is 1. The number of hydrogen-bond donors (Lipinski definition) is 2. The number of carbonyl (C=O) groups is 2.